The number of hydrogen-bond donors (Lipinski definition) is 2. The van der Waals surface area contributed by atoms with Crippen molar-refractivity contribution in [3.05, 3.63) is 143 Å². The standard InChI is InChI=1S/C33H36N2O3/c34-20-25-11-17-30(18-12-25)33-37-31(19-32(38-33)29-15-13-28(24-36)14-16-29)23-35(21-26-7-3-1-4-8-26)22-27-9-5-2-6-10-27/h1-18,31-33,36H,19-24,34H2. The van der Waals surface area contributed by atoms with E-state index in [1.54, 1.807) is 0 Å². The van der Waals surface area contributed by atoms with E-state index in [-0.39, 0.29) is 18.8 Å². The number of ether oxygens (including phenoxy) is 2. The molecular formula is C33H36N2O3. The average molecular weight is 509 g/mol. The molecule has 1 aliphatic rings. The van der Waals surface area contributed by atoms with E-state index in [0.717, 1.165) is 48.3 Å². The monoisotopic (exact) mass is 508 g/mol. The van der Waals surface area contributed by atoms with E-state index in [2.05, 4.69) is 77.7 Å². The van der Waals surface area contributed by atoms with Crippen LogP contribution in [0.2, 0.25) is 0 Å². The molecule has 0 bridgehead atoms. The third kappa shape index (κ3) is 6.95. The second kappa shape index (κ2) is 13.0. The van der Waals surface area contributed by atoms with Crippen LogP contribution < -0.4 is 5.73 Å². The van der Waals surface area contributed by atoms with Crippen molar-refractivity contribution in [2.24, 2.45) is 5.73 Å². The molecule has 3 unspecified atom stereocenters. The second-order valence-corrected chi connectivity index (χ2v) is 9.94. The maximum absolute atomic E-state index is 9.49. The van der Waals surface area contributed by atoms with Gasteiger partial charge in [0.05, 0.1) is 18.8 Å². The lowest BCUT2D eigenvalue weighted by Crippen LogP contribution is -2.39. The van der Waals surface area contributed by atoms with Crippen LogP contribution >= 0.6 is 0 Å². The minimum Gasteiger partial charge on any atom is -0.392 e. The molecule has 1 saturated heterocycles. The molecule has 5 rings (SSSR count). The highest BCUT2D eigenvalue weighted by Gasteiger charge is 2.33. The number of rotatable bonds is 10. The predicted octanol–water partition coefficient (Wildman–Crippen LogP) is 5.89. The highest BCUT2D eigenvalue weighted by Crippen LogP contribution is 2.38. The first-order valence-electron chi connectivity index (χ1n) is 13.3. The third-order valence-corrected chi connectivity index (χ3v) is 7.06. The van der Waals surface area contributed by atoms with Gasteiger partial charge in [-0.1, -0.05) is 109 Å². The summed E-state index contributed by atoms with van der Waals surface area (Å²) < 4.78 is 13.1. The Morgan fingerprint density at radius 1 is 0.658 bits per heavy atom. The predicted molar refractivity (Wildman–Crippen MR) is 150 cm³/mol. The van der Waals surface area contributed by atoms with E-state index in [1.165, 1.54) is 11.1 Å². The molecule has 4 aromatic rings. The highest BCUT2D eigenvalue weighted by molar-refractivity contribution is 5.26. The first kappa shape index (κ1) is 26.3. The van der Waals surface area contributed by atoms with Crippen molar-refractivity contribution in [3.63, 3.8) is 0 Å². The van der Waals surface area contributed by atoms with Gasteiger partial charge in [0.2, 0.25) is 0 Å². The van der Waals surface area contributed by atoms with Crippen LogP contribution in [0.3, 0.4) is 0 Å². The second-order valence-electron chi connectivity index (χ2n) is 9.94. The Balaban J connectivity index is 1.39. The van der Waals surface area contributed by atoms with Crippen LogP contribution in [0.25, 0.3) is 0 Å². The average Bonchev–Trinajstić information content (AvgIpc) is 2.98. The molecule has 0 aromatic heterocycles. The summed E-state index contributed by atoms with van der Waals surface area (Å²) in [4.78, 5) is 2.46. The number of hydrogen-bond acceptors (Lipinski definition) is 5. The Morgan fingerprint density at radius 2 is 1.21 bits per heavy atom. The maximum Gasteiger partial charge on any atom is 0.184 e. The first-order chi connectivity index (χ1) is 18.7. The topological polar surface area (TPSA) is 68.0 Å². The van der Waals surface area contributed by atoms with Crippen molar-refractivity contribution in [1.29, 1.82) is 0 Å². The summed E-state index contributed by atoms with van der Waals surface area (Å²) in [6.07, 6.45) is 0.128. The number of benzene rings is 4. The molecule has 38 heavy (non-hydrogen) atoms. The van der Waals surface area contributed by atoms with Crippen molar-refractivity contribution in [2.75, 3.05) is 6.54 Å². The molecule has 3 N–H and O–H groups in total. The molecule has 4 aromatic carbocycles. The number of nitrogens with zero attached hydrogens (tertiary/aromatic N) is 1. The smallest absolute Gasteiger partial charge is 0.184 e. The minimum atomic E-state index is -0.474. The van der Waals surface area contributed by atoms with Crippen LogP contribution in [0.15, 0.2) is 109 Å². The van der Waals surface area contributed by atoms with Gasteiger partial charge in [-0.3, -0.25) is 4.90 Å². The molecule has 1 fully saturated rings. The summed E-state index contributed by atoms with van der Waals surface area (Å²) in [5.74, 6) is 0. The lowest BCUT2D eigenvalue weighted by molar-refractivity contribution is -0.253. The van der Waals surface area contributed by atoms with E-state index in [1.807, 2.05) is 36.4 Å². The molecule has 1 heterocycles. The molecule has 0 spiro atoms. The molecule has 0 aliphatic carbocycles. The first-order valence-corrected chi connectivity index (χ1v) is 13.3. The molecule has 0 radical (unpaired) electrons. The normalized spacial score (nSPS) is 19.5. The van der Waals surface area contributed by atoms with Crippen LogP contribution in [0.1, 0.15) is 52.2 Å². The van der Waals surface area contributed by atoms with Crippen molar-refractivity contribution < 1.29 is 14.6 Å². The van der Waals surface area contributed by atoms with Gasteiger partial charge >= 0.3 is 0 Å². The van der Waals surface area contributed by atoms with Crippen molar-refractivity contribution in [2.45, 2.75) is 51.2 Å². The summed E-state index contributed by atoms with van der Waals surface area (Å²) in [6.45, 7) is 2.98. The third-order valence-electron chi connectivity index (χ3n) is 7.06. The van der Waals surface area contributed by atoms with Crippen LogP contribution in [0, 0.1) is 0 Å². The zero-order valence-corrected chi connectivity index (χ0v) is 21.7. The lowest BCUT2D eigenvalue weighted by atomic mass is 9.99. The van der Waals surface area contributed by atoms with Crippen molar-refractivity contribution >= 4 is 0 Å². The minimum absolute atomic E-state index is 0.0294. The molecule has 196 valence electrons. The Hall–Kier alpha value is -3.32. The van der Waals surface area contributed by atoms with E-state index in [0.29, 0.717) is 6.54 Å². The summed E-state index contributed by atoms with van der Waals surface area (Å²) in [5, 5.41) is 9.49. The molecule has 3 atom stereocenters. The molecule has 0 saturated carbocycles. The highest BCUT2D eigenvalue weighted by atomic mass is 16.7. The number of aliphatic hydroxyl groups is 1. The lowest BCUT2D eigenvalue weighted by Gasteiger charge is -2.38. The molecule has 5 heteroatoms. The number of nitrogens with two attached hydrogens (primary N) is 1. The van der Waals surface area contributed by atoms with Gasteiger partial charge in [0.15, 0.2) is 6.29 Å². The van der Waals surface area contributed by atoms with Crippen LogP contribution in [-0.4, -0.2) is 22.7 Å². The Bertz CT molecular complexity index is 1150. The van der Waals surface area contributed by atoms with Gasteiger partial charge in [0.25, 0.3) is 0 Å². The largest absolute Gasteiger partial charge is 0.392 e. The van der Waals surface area contributed by atoms with Gasteiger partial charge in [-0.15, -0.1) is 0 Å². The van der Waals surface area contributed by atoms with Gasteiger partial charge in [-0.2, -0.15) is 0 Å². The van der Waals surface area contributed by atoms with Gasteiger partial charge in [-0.25, -0.2) is 0 Å². The van der Waals surface area contributed by atoms with Crippen LogP contribution in [-0.2, 0) is 35.7 Å². The zero-order chi connectivity index (χ0) is 26.2. The maximum atomic E-state index is 9.49. The van der Waals surface area contributed by atoms with Crippen LogP contribution in [0.5, 0.6) is 0 Å². The van der Waals surface area contributed by atoms with E-state index in [4.69, 9.17) is 15.2 Å². The summed E-state index contributed by atoms with van der Waals surface area (Å²) >= 11 is 0. The van der Waals surface area contributed by atoms with Gasteiger partial charge in [-0.05, 0) is 27.8 Å². The van der Waals surface area contributed by atoms with E-state index >= 15 is 0 Å². The fourth-order valence-electron chi connectivity index (χ4n) is 5.00. The van der Waals surface area contributed by atoms with Gasteiger partial charge in [0, 0.05) is 38.2 Å². The van der Waals surface area contributed by atoms with Gasteiger partial charge in [0.1, 0.15) is 0 Å². The summed E-state index contributed by atoms with van der Waals surface area (Å²) in [5.41, 5.74) is 12.4. The molecular weight excluding hydrogens is 472 g/mol. The Kier molecular flexibility index (Phi) is 8.97. The summed E-state index contributed by atoms with van der Waals surface area (Å²) in [6, 6.07) is 37.4. The van der Waals surface area contributed by atoms with Gasteiger partial charge < -0.3 is 20.3 Å². The Labute approximate surface area is 225 Å². The number of aliphatic hydroxyl groups excluding tert-OH is 1. The molecule has 0 amide bonds. The quantitative estimate of drug-likeness (QED) is 0.280. The molecule has 5 nitrogen and oxygen atoms in total. The van der Waals surface area contributed by atoms with E-state index < -0.39 is 6.29 Å². The SMILES string of the molecule is NCc1ccc(C2OC(CN(Cc3ccccc3)Cc3ccccc3)CC(c3ccc(CO)cc3)O2)cc1. The summed E-state index contributed by atoms with van der Waals surface area (Å²) in [7, 11) is 0. The van der Waals surface area contributed by atoms with Crippen molar-refractivity contribution in [1.82, 2.24) is 4.90 Å². The molecule has 1 aliphatic heterocycles. The van der Waals surface area contributed by atoms with E-state index in [9.17, 15) is 5.11 Å². The Morgan fingerprint density at radius 3 is 1.76 bits per heavy atom. The fraction of sp³-hybridized carbons (Fsp3) is 0.273. The zero-order valence-electron chi connectivity index (χ0n) is 21.7. The van der Waals surface area contributed by atoms with Crippen molar-refractivity contribution in [3.8, 4) is 0 Å². The van der Waals surface area contributed by atoms with Crippen LogP contribution in [0.4, 0.5) is 0 Å². The fourth-order valence-corrected chi connectivity index (χ4v) is 5.00.